The summed E-state index contributed by atoms with van der Waals surface area (Å²) in [5.74, 6) is 0.726. The van der Waals surface area contributed by atoms with E-state index in [1.54, 1.807) is 34.3 Å². The van der Waals surface area contributed by atoms with Gasteiger partial charge in [0.1, 0.15) is 23.3 Å². The van der Waals surface area contributed by atoms with Crippen molar-refractivity contribution in [3.63, 3.8) is 0 Å². The van der Waals surface area contributed by atoms with Crippen LogP contribution in [0, 0.1) is 0 Å². The van der Waals surface area contributed by atoms with Crippen LogP contribution < -0.4 is 15.5 Å². The molecule has 3 heterocycles. The number of halogens is 2. The van der Waals surface area contributed by atoms with E-state index in [9.17, 15) is 9.59 Å². The molecular weight excluding hydrogens is 503 g/mol. The molecule has 1 aromatic carbocycles. The number of hydrogen-bond acceptors (Lipinski definition) is 6. The van der Waals surface area contributed by atoms with Crippen molar-refractivity contribution in [2.75, 3.05) is 37.6 Å². The molecule has 2 N–H and O–H groups in total. The first kappa shape index (κ1) is 25.7. The number of benzene rings is 1. The fourth-order valence-electron chi connectivity index (χ4n) is 3.94. The molecule has 0 saturated carbocycles. The molecule has 2 aromatic heterocycles. The van der Waals surface area contributed by atoms with Gasteiger partial charge in [0.2, 0.25) is 11.9 Å². The van der Waals surface area contributed by atoms with Gasteiger partial charge in [-0.2, -0.15) is 4.98 Å². The van der Waals surface area contributed by atoms with Crippen molar-refractivity contribution in [3.8, 4) is 5.95 Å². The Kier molecular flexibility index (Phi) is 8.61. The van der Waals surface area contributed by atoms with E-state index in [2.05, 4.69) is 25.6 Å². The predicted molar refractivity (Wildman–Crippen MR) is 139 cm³/mol. The summed E-state index contributed by atoms with van der Waals surface area (Å²) in [6.45, 7) is 4.07. The molecule has 0 aliphatic carbocycles. The van der Waals surface area contributed by atoms with Crippen LogP contribution in [0.4, 0.5) is 10.6 Å². The van der Waals surface area contributed by atoms with Gasteiger partial charge in [-0.25, -0.2) is 14.8 Å². The van der Waals surface area contributed by atoms with Crippen molar-refractivity contribution < 1.29 is 9.59 Å². The molecule has 4 rings (SSSR count). The SMILES string of the molecule is CCCNC(=O)N1CCN(c2cc(Cl)nc(-n3ccnc3)n2)CC1C(=O)NCCc1ccc(Cl)cc1. The number of carbonyl (C=O) groups is 2. The highest BCUT2D eigenvalue weighted by Gasteiger charge is 2.36. The molecule has 1 atom stereocenters. The Morgan fingerprint density at radius 3 is 2.61 bits per heavy atom. The van der Waals surface area contributed by atoms with Gasteiger partial charge in [0.15, 0.2) is 0 Å². The molecular formula is C24H28Cl2N8O2. The van der Waals surface area contributed by atoms with Gasteiger partial charge < -0.3 is 20.4 Å². The minimum Gasteiger partial charge on any atom is -0.354 e. The standard InChI is InChI=1S/C24H28Cl2N8O2/c1-2-8-29-24(36)34-13-12-32(21-14-20(26)30-23(31-21)33-11-10-27-16-33)15-19(34)22(35)28-9-7-17-3-5-18(25)6-4-17/h3-6,10-11,14,16,19H,2,7-9,12-13,15H2,1H3,(H,28,35)(H,29,36). The summed E-state index contributed by atoms with van der Waals surface area (Å²) in [4.78, 5) is 42.6. The van der Waals surface area contributed by atoms with Crippen LogP contribution in [0.15, 0.2) is 49.1 Å². The number of nitrogens with zero attached hydrogens (tertiary/aromatic N) is 6. The molecule has 1 aliphatic heterocycles. The number of nitrogens with one attached hydrogen (secondary N) is 2. The summed E-state index contributed by atoms with van der Waals surface area (Å²) in [6, 6.07) is 8.20. The van der Waals surface area contributed by atoms with Crippen LogP contribution in [0.1, 0.15) is 18.9 Å². The number of piperazine rings is 1. The maximum atomic E-state index is 13.3. The molecule has 0 radical (unpaired) electrons. The number of urea groups is 1. The maximum Gasteiger partial charge on any atom is 0.318 e. The number of hydrogen-bond donors (Lipinski definition) is 2. The van der Waals surface area contributed by atoms with Gasteiger partial charge in [0, 0.05) is 56.2 Å². The van der Waals surface area contributed by atoms with Gasteiger partial charge in [0.25, 0.3) is 0 Å². The molecule has 1 fully saturated rings. The average Bonchev–Trinajstić information content (AvgIpc) is 3.43. The van der Waals surface area contributed by atoms with Crippen LogP contribution in [0.5, 0.6) is 0 Å². The fourth-order valence-corrected chi connectivity index (χ4v) is 4.24. The highest BCUT2D eigenvalue weighted by Crippen LogP contribution is 2.22. The zero-order valence-electron chi connectivity index (χ0n) is 19.9. The number of aromatic nitrogens is 4. The van der Waals surface area contributed by atoms with Gasteiger partial charge in [-0.1, -0.05) is 42.3 Å². The summed E-state index contributed by atoms with van der Waals surface area (Å²) in [5, 5.41) is 6.81. The van der Waals surface area contributed by atoms with E-state index in [0.717, 1.165) is 12.0 Å². The Labute approximate surface area is 219 Å². The lowest BCUT2D eigenvalue weighted by Crippen LogP contribution is -2.62. The highest BCUT2D eigenvalue weighted by atomic mass is 35.5. The summed E-state index contributed by atoms with van der Waals surface area (Å²) in [7, 11) is 0. The number of anilines is 1. The smallest absolute Gasteiger partial charge is 0.318 e. The Balaban J connectivity index is 1.49. The first-order valence-electron chi connectivity index (χ1n) is 11.8. The minimum absolute atomic E-state index is 0.227. The first-order valence-corrected chi connectivity index (χ1v) is 12.5. The molecule has 3 aromatic rings. The van der Waals surface area contributed by atoms with Crippen molar-refractivity contribution in [3.05, 3.63) is 64.8 Å². The lowest BCUT2D eigenvalue weighted by atomic mass is 10.1. The highest BCUT2D eigenvalue weighted by molar-refractivity contribution is 6.30. The normalized spacial score (nSPS) is 15.6. The molecule has 1 unspecified atom stereocenters. The van der Waals surface area contributed by atoms with Gasteiger partial charge >= 0.3 is 6.03 Å². The monoisotopic (exact) mass is 530 g/mol. The van der Waals surface area contributed by atoms with Crippen LogP contribution in [0.2, 0.25) is 10.2 Å². The van der Waals surface area contributed by atoms with Crippen LogP contribution in [-0.4, -0.2) is 75.1 Å². The first-order chi connectivity index (χ1) is 17.4. The molecule has 0 bridgehead atoms. The van der Waals surface area contributed by atoms with Crippen LogP contribution in [0.3, 0.4) is 0 Å². The van der Waals surface area contributed by atoms with Crippen LogP contribution >= 0.6 is 23.2 Å². The molecule has 1 saturated heterocycles. The van der Waals surface area contributed by atoms with E-state index in [0.29, 0.717) is 49.4 Å². The number of amides is 3. The van der Waals surface area contributed by atoms with Crippen molar-refractivity contribution in [1.29, 1.82) is 0 Å². The third-order valence-corrected chi connectivity index (χ3v) is 6.27. The lowest BCUT2D eigenvalue weighted by molar-refractivity contribution is -0.125. The zero-order valence-corrected chi connectivity index (χ0v) is 21.4. The van der Waals surface area contributed by atoms with Crippen LogP contribution in [-0.2, 0) is 11.2 Å². The van der Waals surface area contributed by atoms with Crippen molar-refractivity contribution in [2.45, 2.75) is 25.8 Å². The summed E-state index contributed by atoms with van der Waals surface area (Å²) in [6.07, 6.45) is 6.39. The Bertz CT molecular complexity index is 1170. The van der Waals surface area contributed by atoms with Gasteiger partial charge in [-0.3, -0.25) is 9.36 Å². The van der Waals surface area contributed by atoms with Gasteiger partial charge in [-0.05, 0) is 30.5 Å². The third kappa shape index (κ3) is 6.44. The second-order valence-corrected chi connectivity index (χ2v) is 9.20. The average molecular weight is 531 g/mol. The van der Waals surface area contributed by atoms with Crippen molar-refractivity contribution in [1.82, 2.24) is 35.1 Å². The van der Waals surface area contributed by atoms with E-state index >= 15 is 0 Å². The predicted octanol–water partition coefficient (Wildman–Crippen LogP) is 2.94. The maximum absolute atomic E-state index is 13.3. The van der Waals surface area contributed by atoms with E-state index in [1.807, 2.05) is 36.1 Å². The molecule has 12 heteroatoms. The van der Waals surface area contributed by atoms with E-state index in [1.165, 1.54) is 0 Å². The largest absolute Gasteiger partial charge is 0.354 e. The number of carbonyl (C=O) groups excluding carboxylic acids is 2. The summed E-state index contributed by atoms with van der Waals surface area (Å²) < 4.78 is 1.66. The second-order valence-electron chi connectivity index (χ2n) is 8.37. The fraction of sp³-hybridized carbons (Fsp3) is 0.375. The molecule has 1 aliphatic rings. The molecule has 3 amide bonds. The molecule has 190 valence electrons. The molecule has 36 heavy (non-hydrogen) atoms. The van der Waals surface area contributed by atoms with Gasteiger partial charge in [-0.15, -0.1) is 0 Å². The third-order valence-electron chi connectivity index (χ3n) is 5.83. The van der Waals surface area contributed by atoms with E-state index in [4.69, 9.17) is 23.2 Å². The lowest BCUT2D eigenvalue weighted by Gasteiger charge is -2.41. The Morgan fingerprint density at radius 1 is 1.08 bits per heavy atom. The topological polar surface area (TPSA) is 108 Å². The number of imidazole rings is 1. The minimum atomic E-state index is -0.703. The summed E-state index contributed by atoms with van der Waals surface area (Å²) in [5.41, 5.74) is 1.06. The van der Waals surface area contributed by atoms with Crippen molar-refractivity contribution >= 4 is 41.0 Å². The Hall–Kier alpha value is -3.37. The van der Waals surface area contributed by atoms with Crippen molar-refractivity contribution in [2.24, 2.45) is 0 Å². The quantitative estimate of drug-likeness (QED) is 0.433. The molecule has 10 nitrogen and oxygen atoms in total. The molecule has 0 spiro atoms. The summed E-state index contributed by atoms with van der Waals surface area (Å²) >= 11 is 12.2. The zero-order chi connectivity index (χ0) is 25.5. The van der Waals surface area contributed by atoms with Crippen LogP contribution in [0.25, 0.3) is 5.95 Å². The van der Waals surface area contributed by atoms with Gasteiger partial charge in [0.05, 0.1) is 0 Å². The van der Waals surface area contributed by atoms with E-state index < -0.39 is 6.04 Å². The second kappa shape index (κ2) is 12.0. The Morgan fingerprint density at radius 2 is 1.89 bits per heavy atom. The number of rotatable bonds is 8. The van der Waals surface area contributed by atoms with E-state index in [-0.39, 0.29) is 23.6 Å².